The van der Waals surface area contributed by atoms with Gasteiger partial charge in [-0.25, -0.2) is 4.68 Å². The topological polar surface area (TPSA) is 29.9 Å². The molecular weight excluding hydrogens is 480 g/mol. The lowest BCUT2D eigenvalue weighted by Crippen LogP contribution is -2.07. The van der Waals surface area contributed by atoms with Crippen molar-refractivity contribution >= 4 is 51.6 Å². The van der Waals surface area contributed by atoms with Crippen molar-refractivity contribution in [2.45, 2.75) is 25.7 Å². The van der Waals surface area contributed by atoms with E-state index in [-0.39, 0.29) is 0 Å². The van der Waals surface area contributed by atoms with Crippen LogP contribution in [0, 0.1) is 3.57 Å². The quantitative estimate of drug-likeness (QED) is 0.441. The van der Waals surface area contributed by atoms with Gasteiger partial charge in [-0.1, -0.05) is 29.3 Å². The van der Waals surface area contributed by atoms with Crippen LogP contribution in [0.5, 0.6) is 0 Å². The molecule has 0 spiro atoms. The van der Waals surface area contributed by atoms with Crippen LogP contribution < -0.4 is 5.32 Å². The summed E-state index contributed by atoms with van der Waals surface area (Å²) in [6.07, 6.45) is 4.08. The second-order valence-corrected chi connectivity index (χ2v) is 8.55. The summed E-state index contributed by atoms with van der Waals surface area (Å²) >= 11 is 14.8. The zero-order valence-electron chi connectivity index (χ0n) is 14.1. The van der Waals surface area contributed by atoms with Crippen molar-refractivity contribution in [3.63, 3.8) is 0 Å². The van der Waals surface area contributed by atoms with E-state index in [0.29, 0.717) is 16.5 Å². The Kier molecular flexibility index (Phi) is 5.43. The first kappa shape index (κ1) is 18.1. The van der Waals surface area contributed by atoms with E-state index in [0.717, 1.165) is 35.7 Å². The van der Waals surface area contributed by atoms with E-state index in [1.807, 2.05) is 16.8 Å². The predicted molar refractivity (Wildman–Crippen MR) is 117 cm³/mol. The number of aromatic nitrogens is 2. The standard InChI is InChI=1S/C20H18Cl2IN3/c21-14-5-4-13(18(22)12-14)11-19-17-3-1-2-10-24-20(17)26(25-19)16-8-6-15(23)7-9-16/h4-9,12,24H,1-3,10-11H2. The third-order valence-corrected chi connectivity index (χ3v) is 5.96. The molecule has 134 valence electrons. The minimum atomic E-state index is 0.656. The molecule has 2 aromatic carbocycles. The fraction of sp³-hybridized carbons (Fsp3) is 0.250. The van der Waals surface area contributed by atoms with Gasteiger partial charge >= 0.3 is 0 Å². The lowest BCUT2D eigenvalue weighted by atomic mass is 10.0. The highest BCUT2D eigenvalue weighted by Crippen LogP contribution is 2.31. The maximum Gasteiger partial charge on any atom is 0.133 e. The second kappa shape index (κ2) is 7.79. The number of halogens is 3. The number of anilines is 1. The molecule has 4 rings (SSSR count). The molecule has 0 bridgehead atoms. The number of nitrogens with one attached hydrogen (secondary N) is 1. The van der Waals surface area contributed by atoms with Gasteiger partial charge in [0.15, 0.2) is 0 Å². The predicted octanol–water partition coefficient (Wildman–Crippen LogP) is 6.12. The van der Waals surface area contributed by atoms with Crippen LogP contribution in [-0.4, -0.2) is 16.3 Å². The van der Waals surface area contributed by atoms with E-state index >= 15 is 0 Å². The molecule has 26 heavy (non-hydrogen) atoms. The van der Waals surface area contributed by atoms with Crippen LogP contribution in [0.4, 0.5) is 5.82 Å². The molecule has 0 radical (unpaired) electrons. The number of hydrogen-bond donors (Lipinski definition) is 1. The van der Waals surface area contributed by atoms with Crippen LogP contribution in [0.2, 0.25) is 10.0 Å². The summed E-state index contributed by atoms with van der Waals surface area (Å²) in [5, 5.41) is 9.88. The summed E-state index contributed by atoms with van der Waals surface area (Å²) in [5.74, 6) is 1.11. The van der Waals surface area contributed by atoms with Gasteiger partial charge in [-0.3, -0.25) is 0 Å². The number of hydrogen-bond acceptors (Lipinski definition) is 2. The largest absolute Gasteiger partial charge is 0.370 e. The zero-order chi connectivity index (χ0) is 18.1. The lowest BCUT2D eigenvalue weighted by molar-refractivity contribution is 0.767. The van der Waals surface area contributed by atoms with Gasteiger partial charge in [0.1, 0.15) is 5.82 Å². The maximum absolute atomic E-state index is 6.40. The summed E-state index contributed by atoms with van der Waals surface area (Å²) in [5.41, 5.74) is 4.50. The SMILES string of the molecule is Clc1ccc(Cc2nn(-c3ccc(I)cc3)c3c2CCCCN3)c(Cl)c1. The molecule has 1 N–H and O–H groups in total. The van der Waals surface area contributed by atoms with Gasteiger partial charge in [-0.15, -0.1) is 0 Å². The van der Waals surface area contributed by atoms with Crippen LogP contribution in [0.15, 0.2) is 42.5 Å². The van der Waals surface area contributed by atoms with Crippen LogP contribution >= 0.6 is 45.8 Å². The Hall–Kier alpha value is -1.24. The van der Waals surface area contributed by atoms with Crippen LogP contribution in [0.1, 0.15) is 29.7 Å². The van der Waals surface area contributed by atoms with Crippen LogP contribution in [0.3, 0.4) is 0 Å². The van der Waals surface area contributed by atoms with Crippen molar-refractivity contribution in [1.82, 2.24) is 9.78 Å². The van der Waals surface area contributed by atoms with E-state index in [1.165, 1.54) is 22.0 Å². The summed E-state index contributed by atoms with van der Waals surface area (Å²) in [6.45, 7) is 0.976. The van der Waals surface area contributed by atoms with E-state index in [9.17, 15) is 0 Å². The van der Waals surface area contributed by atoms with Crippen LogP contribution in [0.25, 0.3) is 5.69 Å². The first-order valence-corrected chi connectivity index (χ1v) is 10.5. The Morgan fingerprint density at radius 2 is 1.88 bits per heavy atom. The highest BCUT2D eigenvalue weighted by atomic mass is 127. The number of nitrogens with zero attached hydrogens (tertiary/aromatic N) is 2. The molecule has 0 amide bonds. The smallest absolute Gasteiger partial charge is 0.133 e. The molecule has 1 aromatic heterocycles. The minimum absolute atomic E-state index is 0.656. The van der Waals surface area contributed by atoms with Crippen molar-refractivity contribution in [3.8, 4) is 5.69 Å². The first-order chi connectivity index (χ1) is 12.6. The number of fused-ring (bicyclic) bond motifs is 1. The van der Waals surface area contributed by atoms with Gasteiger partial charge in [-0.05, 0) is 83.8 Å². The Morgan fingerprint density at radius 1 is 1.08 bits per heavy atom. The number of rotatable bonds is 3. The zero-order valence-corrected chi connectivity index (χ0v) is 17.8. The van der Waals surface area contributed by atoms with Crippen molar-refractivity contribution < 1.29 is 0 Å². The van der Waals surface area contributed by atoms with Gasteiger partial charge in [-0.2, -0.15) is 5.10 Å². The van der Waals surface area contributed by atoms with Crippen LogP contribution in [-0.2, 0) is 12.8 Å². The fourth-order valence-corrected chi connectivity index (χ4v) is 4.16. The second-order valence-electron chi connectivity index (χ2n) is 6.46. The van der Waals surface area contributed by atoms with Crippen molar-refractivity contribution in [1.29, 1.82) is 0 Å². The Balaban J connectivity index is 1.78. The Morgan fingerprint density at radius 3 is 2.65 bits per heavy atom. The number of benzene rings is 2. The average molecular weight is 498 g/mol. The summed E-state index contributed by atoms with van der Waals surface area (Å²) in [6, 6.07) is 14.1. The third kappa shape index (κ3) is 3.73. The summed E-state index contributed by atoms with van der Waals surface area (Å²) in [7, 11) is 0. The van der Waals surface area contributed by atoms with Crippen molar-refractivity contribution in [2.75, 3.05) is 11.9 Å². The Labute approximate surface area is 176 Å². The molecule has 0 atom stereocenters. The Bertz CT molecular complexity index is 935. The van der Waals surface area contributed by atoms with Gasteiger partial charge in [0.25, 0.3) is 0 Å². The van der Waals surface area contributed by atoms with E-state index in [4.69, 9.17) is 28.3 Å². The van der Waals surface area contributed by atoms with Gasteiger partial charge < -0.3 is 5.32 Å². The third-order valence-electron chi connectivity index (χ3n) is 4.66. The highest BCUT2D eigenvalue weighted by Gasteiger charge is 2.21. The average Bonchev–Trinajstić information content (AvgIpc) is 2.80. The van der Waals surface area contributed by atoms with Crippen molar-refractivity contribution in [2.24, 2.45) is 0 Å². The lowest BCUT2D eigenvalue weighted by Gasteiger charge is -2.09. The monoisotopic (exact) mass is 497 g/mol. The molecule has 0 saturated carbocycles. The summed E-state index contributed by atoms with van der Waals surface area (Å²) < 4.78 is 3.25. The molecular formula is C20H18Cl2IN3. The molecule has 0 saturated heterocycles. The molecule has 6 heteroatoms. The van der Waals surface area contributed by atoms with Gasteiger partial charge in [0, 0.05) is 32.1 Å². The molecule has 0 aliphatic carbocycles. The molecule has 1 aliphatic heterocycles. The first-order valence-electron chi connectivity index (χ1n) is 8.66. The van der Waals surface area contributed by atoms with E-state index < -0.39 is 0 Å². The minimum Gasteiger partial charge on any atom is -0.370 e. The maximum atomic E-state index is 6.40. The van der Waals surface area contributed by atoms with E-state index in [2.05, 4.69) is 52.2 Å². The highest BCUT2D eigenvalue weighted by molar-refractivity contribution is 14.1. The van der Waals surface area contributed by atoms with E-state index in [1.54, 1.807) is 6.07 Å². The fourth-order valence-electron chi connectivity index (χ4n) is 3.33. The molecule has 0 unspecified atom stereocenters. The molecule has 0 fully saturated rings. The molecule has 3 aromatic rings. The summed E-state index contributed by atoms with van der Waals surface area (Å²) in [4.78, 5) is 0. The van der Waals surface area contributed by atoms with Crippen molar-refractivity contribution in [3.05, 3.63) is 72.9 Å². The normalized spacial score (nSPS) is 13.8. The van der Waals surface area contributed by atoms with Gasteiger partial charge in [0.05, 0.1) is 11.4 Å². The molecule has 3 nitrogen and oxygen atoms in total. The van der Waals surface area contributed by atoms with Gasteiger partial charge in [0.2, 0.25) is 0 Å². The molecule has 1 aliphatic rings. The molecule has 2 heterocycles.